The zero-order valence-electron chi connectivity index (χ0n) is 6.55. The van der Waals surface area contributed by atoms with E-state index in [4.69, 9.17) is 9.84 Å². The molecule has 0 radical (unpaired) electrons. The van der Waals surface area contributed by atoms with E-state index in [9.17, 15) is 0 Å². The SMILES string of the molecule is C[C@@H]1COCC[C@H]1CCO. The van der Waals surface area contributed by atoms with Crippen molar-refractivity contribution in [3.63, 3.8) is 0 Å². The molecule has 0 saturated carbocycles. The zero-order chi connectivity index (χ0) is 7.40. The first-order valence-electron chi connectivity index (χ1n) is 4.03. The molecule has 1 heterocycles. The van der Waals surface area contributed by atoms with Gasteiger partial charge in [-0.15, -0.1) is 0 Å². The average molecular weight is 144 g/mol. The molecule has 2 atom stereocenters. The Kier molecular flexibility index (Phi) is 3.16. The van der Waals surface area contributed by atoms with E-state index in [1.807, 2.05) is 0 Å². The number of ether oxygens (including phenoxy) is 1. The summed E-state index contributed by atoms with van der Waals surface area (Å²) in [5.41, 5.74) is 0. The normalized spacial score (nSPS) is 34.2. The number of aliphatic hydroxyl groups is 1. The molecule has 10 heavy (non-hydrogen) atoms. The van der Waals surface area contributed by atoms with Gasteiger partial charge >= 0.3 is 0 Å². The van der Waals surface area contributed by atoms with E-state index >= 15 is 0 Å². The van der Waals surface area contributed by atoms with Crippen LogP contribution in [0.15, 0.2) is 0 Å². The molecule has 1 fully saturated rings. The van der Waals surface area contributed by atoms with Crippen molar-refractivity contribution < 1.29 is 9.84 Å². The second-order valence-corrected chi connectivity index (χ2v) is 3.11. The van der Waals surface area contributed by atoms with Crippen molar-refractivity contribution >= 4 is 0 Å². The maximum absolute atomic E-state index is 8.70. The van der Waals surface area contributed by atoms with Gasteiger partial charge < -0.3 is 9.84 Å². The predicted molar refractivity (Wildman–Crippen MR) is 39.8 cm³/mol. The summed E-state index contributed by atoms with van der Waals surface area (Å²) in [6, 6.07) is 0. The molecular weight excluding hydrogens is 128 g/mol. The Balaban J connectivity index is 2.25. The lowest BCUT2D eigenvalue weighted by molar-refractivity contribution is 0.0163. The van der Waals surface area contributed by atoms with Gasteiger partial charge in [-0.3, -0.25) is 0 Å². The lowest BCUT2D eigenvalue weighted by Gasteiger charge is -2.28. The molecule has 1 N–H and O–H groups in total. The van der Waals surface area contributed by atoms with Gasteiger partial charge in [0, 0.05) is 19.8 Å². The van der Waals surface area contributed by atoms with Gasteiger partial charge in [0.15, 0.2) is 0 Å². The lowest BCUT2D eigenvalue weighted by atomic mass is 9.88. The lowest BCUT2D eigenvalue weighted by Crippen LogP contribution is -2.25. The van der Waals surface area contributed by atoms with Crippen LogP contribution < -0.4 is 0 Å². The topological polar surface area (TPSA) is 29.5 Å². The third-order valence-electron chi connectivity index (χ3n) is 2.32. The van der Waals surface area contributed by atoms with Crippen LogP contribution in [0, 0.1) is 11.8 Å². The van der Waals surface area contributed by atoms with Crippen molar-refractivity contribution in [3.8, 4) is 0 Å². The smallest absolute Gasteiger partial charge is 0.0494 e. The minimum absolute atomic E-state index is 0.328. The van der Waals surface area contributed by atoms with Crippen LogP contribution in [-0.4, -0.2) is 24.9 Å². The molecular formula is C8H16O2. The van der Waals surface area contributed by atoms with Crippen LogP contribution in [0.4, 0.5) is 0 Å². The molecule has 1 rings (SSSR count). The van der Waals surface area contributed by atoms with Crippen molar-refractivity contribution in [2.24, 2.45) is 11.8 Å². The highest BCUT2D eigenvalue weighted by Gasteiger charge is 2.20. The van der Waals surface area contributed by atoms with Gasteiger partial charge in [0.05, 0.1) is 0 Å². The Morgan fingerprint density at radius 2 is 2.40 bits per heavy atom. The Morgan fingerprint density at radius 1 is 1.60 bits per heavy atom. The van der Waals surface area contributed by atoms with Crippen molar-refractivity contribution in [1.29, 1.82) is 0 Å². The first-order chi connectivity index (χ1) is 4.84. The fraction of sp³-hybridized carbons (Fsp3) is 1.00. The van der Waals surface area contributed by atoms with Crippen LogP contribution >= 0.6 is 0 Å². The quantitative estimate of drug-likeness (QED) is 0.627. The van der Waals surface area contributed by atoms with Crippen LogP contribution in [0.3, 0.4) is 0 Å². The van der Waals surface area contributed by atoms with Gasteiger partial charge in [-0.05, 0) is 24.7 Å². The highest BCUT2D eigenvalue weighted by Crippen LogP contribution is 2.23. The van der Waals surface area contributed by atoms with Gasteiger partial charge in [0.25, 0.3) is 0 Å². The molecule has 0 aliphatic carbocycles. The minimum Gasteiger partial charge on any atom is -0.396 e. The van der Waals surface area contributed by atoms with Crippen LogP contribution in [0.1, 0.15) is 19.8 Å². The molecule has 1 aliphatic heterocycles. The molecule has 0 aromatic rings. The fourth-order valence-electron chi connectivity index (χ4n) is 1.52. The fourth-order valence-corrected chi connectivity index (χ4v) is 1.52. The van der Waals surface area contributed by atoms with E-state index in [0.717, 1.165) is 26.1 Å². The minimum atomic E-state index is 0.328. The summed E-state index contributed by atoms with van der Waals surface area (Å²) in [6.45, 7) is 4.29. The molecule has 0 amide bonds. The summed E-state index contributed by atoms with van der Waals surface area (Å²) in [7, 11) is 0. The van der Waals surface area contributed by atoms with Crippen LogP contribution in [0.5, 0.6) is 0 Å². The molecule has 0 aromatic carbocycles. The molecule has 2 heteroatoms. The van der Waals surface area contributed by atoms with E-state index in [2.05, 4.69) is 6.92 Å². The highest BCUT2D eigenvalue weighted by atomic mass is 16.5. The summed E-state index contributed by atoms with van der Waals surface area (Å²) < 4.78 is 5.28. The summed E-state index contributed by atoms with van der Waals surface area (Å²) in [5, 5.41) is 8.70. The second-order valence-electron chi connectivity index (χ2n) is 3.11. The monoisotopic (exact) mass is 144 g/mol. The van der Waals surface area contributed by atoms with Crippen molar-refractivity contribution in [1.82, 2.24) is 0 Å². The van der Waals surface area contributed by atoms with E-state index in [1.54, 1.807) is 0 Å². The first kappa shape index (κ1) is 8.02. The van der Waals surface area contributed by atoms with Gasteiger partial charge in [-0.1, -0.05) is 6.92 Å². The molecule has 0 spiro atoms. The van der Waals surface area contributed by atoms with Crippen LogP contribution in [0.2, 0.25) is 0 Å². The molecule has 2 nitrogen and oxygen atoms in total. The maximum Gasteiger partial charge on any atom is 0.0494 e. The number of rotatable bonds is 2. The third kappa shape index (κ3) is 1.96. The standard InChI is InChI=1S/C8H16O2/c1-7-6-10-5-3-8(7)2-4-9/h7-9H,2-6H2,1H3/t7-,8-/m1/s1. The van der Waals surface area contributed by atoms with E-state index in [0.29, 0.717) is 18.4 Å². The molecule has 0 unspecified atom stereocenters. The third-order valence-corrected chi connectivity index (χ3v) is 2.32. The Hall–Kier alpha value is -0.0800. The number of hydrogen-bond donors (Lipinski definition) is 1. The maximum atomic E-state index is 8.70. The van der Waals surface area contributed by atoms with Gasteiger partial charge in [0.2, 0.25) is 0 Å². The molecule has 0 bridgehead atoms. The number of hydrogen-bond acceptors (Lipinski definition) is 2. The Bertz CT molecular complexity index is 91.3. The van der Waals surface area contributed by atoms with Gasteiger partial charge in [-0.2, -0.15) is 0 Å². The van der Waals surface area contributed by atoms with Gasteiger partial charge in [-0.25, -0.2) is 0 Å². The Labute approximate surface area is 62.2 Å². The summed E-state index contributed by atoms with van der Waals surface area (Å²) in [4.78, 5) is 0. The molecule has 60 valence electrons. The van der Waals surface area contributed by atoms with Gasteiger partial charge in [0.1, 0.15) is 0 Å². The zero-order valence-corrected chi connectivity index (χ0v) is 6.55. The summed E-state index contributed by atoms with van der Waals surface area (Å²) in [5.74, 6) is 1.33. The van der Waals surface area contributed by atoms with Crippen molar-refractivity contribution in [2.75, 3.05) is 19.8 Å². The van der Waals surface area contributed by atoms with Crippen LogP contribution in [-0.2, 0) is 4.74 Å². The Morgan fingerprint density at radius 3 is 3.00 bits per heavy atom. The first-order valence-corrected chi connectivity index (χ1v) is 4.03. The molecule has 1 aliphatic rings. The van der Waals surface area contributed by atoms with Crippen LogP contribution in [0.25, 0.3) is 0 Å². The largest absolute Gasteiger partial charge is 0.396 e. The number of aliphatic hydroxyl groups excluding tert-OH is 1. The highest BCUT2D eigenvalue weighted by molar-refractivity contribution is 4.69. The van der Waals surface area contributed by atoms with E-state index in [-0.39, 0.29) is 0 Å². The van der Waals surface area contributed by atoms with E-state index in [1.165, 1.54) is 0 Å². The van der Waals surface area contributed by atoms with Crippen molar-refractivity contribution in [3.05, 3.63) is 0 Å². The predicted octanol–water partition coefficient (Wildman–Crippen LogP) is 1.04. The summed E-state index contributed by atoms with van der Waals surface area (Å²) >= 11 is 0. The molecule has 0 aromatic heterocycles. The van der Waals surface area contributed by atoms with Crippen molar-refractivity contribution in [2.45, 2.75) is 19.8 Å². The second kappa shape index (κ2) is 3.94. The molecule has 1 saturated heterocycles. The van der Waals surface area contributed by atoms with E-state index < -0.39 is 0 Å². The summed E-state index contributed by atoms with van der Waals surface area (Å²) in [6.07, 6.45) is 2.08. The average Bonchev–Trinajstić information content (AvgIpc) is 1.94.